The first-order chi connectivity index (χ1) is 12.2. The number of rotatable bonds is 5. The zero-order valence-electron chi connectivity index (χ0n) is 14.3. The minimum atomic E-state index is -0.150. The summed E-state index contributed by atoms with van der Waals surface area (Å²) in [5.74, 6) is -0.200. The maximum absolute atomic E-state index is 12.6. The highest BCUT2D eigenvalue weighted by Crippen LogP contribution is 2.26. The minimum Gasteiger partial charge on any atom is -0.385 e. The lowest BCUT2D eigenvalue weighted by Gasteiger charge is -2.20. The van der Waals surface area contributed by atoms with Crippen molar-refractivity contribution in [2.75, 3.05) is 17.2 Å². The molecule has 4 rings (SSSR count). The van der Waals surface area contributed by atoms with Crippen LogP contribution in [0.4, 0.5) is 11.4 Å². The smallest absolute Gasteiger partial charge is 0.256 e. The van der Waals surface area contributed by atoms with Crippen LogP contribution in [0.1, 0.15) is 35.2 Å². The van der Waals surface area contributed by atoms with Crippen molar-refractivity contribution in [1.82, 2.24) is 15.1 Å². The van der Waals surface area contributed by atoms with Gasteiger partial charge in [0.1, 0.15) is 6.54 Å². The van der Waals surface area contributed by atoms with Gasteiger partial charge in [-0.25, -0.2) is 0 Å². The van der Waals surface area contributed by atoms with Gasteiger partial charge in [0.15, 0.2) is 0 Å². The second-order valence-corrected chi connectivity index (χ2v) is 6.58. The zero-order valence-corrected chi connectivity index (χ0v) is 15.1. The molecule has 0 saturated heterocycles. The average molecular weight is 376 g/mol. The van der Waals surface area contributed by atoms with Crippen molar-refractivity contribution in [1.29, 1.82) is 0 Å². The molecule has 2 amide bonds. The number of amides is 2. The van der Waals surface area contributed by atoms with E-state index in [4.69, 9.17) is 0 Å². The van der Waals surface area contributed by atoms with Gasteiger partial charge in [-0.3, -0.25) is 14.3 Å². The first-order valence-electron chi connectivity index (χ1n) is 8.68. The van der Waals surface area contributed by atoms with Crippen molar-refractivity contribution in [3.63, 3.8) is 0 Å². The summed E-state index contributed by atoms with van der Waals surface area (Å²) in [7, 11) is 0. The van der Waals surface area contributed by atoms with Gasteiger partial charge in [0, 0.05) is 30.0 Å². The molecule has 0 spiro atoms. The number of anilines is 2. The van der Waals surface area contributed by atoms with E-state index >= 15 is 0 Å². The summed E-state index contributed by atoms with van der Waals surface area (Å²) in [5.41, 5.74) is 3.36. The molecule has 8 heteroatoms. The second-order valence-electron chi connectivity index (χ2n) is 6.58. The molecule has 1 aliphatic heterocycles. The highest BCUT2D eigenvalue weighted by atomic mass is 35.5. The molecule has 3 N–H and O–H groups in total. The van der Waals surface area contributed by atoms with Gasteiger partial charge in [-0.2, -0.15) is 5.10 Å². The van der Waals surface area contributed by atoms with Crippen LogP contribution >= 0.6 is 12.4 Å². The minimum absolute atomic E-state index is 0. The predicted octanol–water partition coefficient (Wildman–Crippen LogP) is 2.19. The number of carbonyl (C=O) groups excluding carboxylic acids is 2. The first-order valence-corrected chi connectivity index (χ1v) is 8.68. The summed E-state index contributed by atoms with van der Waals surface area (Å²) in [6.07, 6.45) is 7.27. The van der Waals surface area contributed by atoms with E-state index in [9.17, 15) is 9.59 Å². The van der Waals surface area contributed by atoms with Crippen LogP contribution in [0.2, 0.25) is 0 Å². The number of hydrogen-bond acceptors (Lipinski definition) is 4. The molecule has 0 atom stereocenters. The summed E-state index contributed by atoms with van der Waals surface area (Å²) >= 11 is 0. The van der Waals surface area contributed by atoms with Crippen LogP contribution in [0, 0.1) is 0 Å². The van der Waals surface area contributed by atoms with E-state index in [2.05, 4.69) is 21.0 Å². The van der Waals surface area contributed by atoms with Crippen molar-refractivity contribution in [2.24, 2.45) is 0 Å². The standard InChI is InChI=1S/C18H21N5O2.ClH/c24-17(21-12-6-7-12)11-23-10-13(9-20-23)22-18(25)15-3-1-5-16-14(15)4-2-8-19-16;/h1,3,5,9-10,12,19H,2,4,6-8,11H2,(H,21,24)(H,22,25);1H. The van der Waals surface area contributed by atoms with E-state index in [1.807, 2.05) is 18.2 Å². The molecular formula is C18H22ClN5O2. The Morgan fingerprint density at radius 1 is 1.31 bits per heavy atom. The van der Waals surface area contributed by atoms with Crippen molar-refractivity contribution in [2.45, 2.75) is 38.3 Å². The normalized spacial score (nSPS) is 15.2. The summed E-state index contributed by atoms with van der Waals surface area (Å²) in [4.78, 5) is 24.4. The van der Waals surface area contributed by atoms with Gasteiger partial charge in [-0.15, -0.1) is 12.4 Å². The Bertz CT molecular complexity index is 816. The van der Waals surface area contributed by atoms with Crippen LogP contribution in [0.3, 0.4) is 0 Å². The molecule has 26 heavy (non-hydrogen) atoms. The lowest BCUT2D eigenvalue weighted by atomic mass is 9.97. The van der Waals surface area contributed by atoms with Crippen molar-refractivity contribution in [3.8, 4) is 0 Å². The van der Waals surface area contributed by atoms with E-state index in [1.54, 1.807) is 12.4 Å². The van der Waals surface area contributed by atoms with Crippen LogP contribution in [-0.2, 0) is 17.8 Å². The number of nitrogens with zero attached hydrogens (tertiary/aromatic N) is 2. The summed E-state index contributed by atoms with van der Waals surface area (Å²) in [5, 5.41) is 13.3. The fourth-order valence-electron chi connectivity index (χ4n) is 3.08. The Morgan fingerprint density at radius 2 is 2.15 bits per heavy atom. The van der Waals surface area contributed by atoms with Crippen LogP contribution < -0.4 is 16.0 Å². The number of aromatic nitrogens is 2. The van der Waals surface area contributed by atoms with Crippen LogP contribution in [0.15, 0.2) is 30.6 Å². The van der Waals surface area contributed by atoms with Gasteiger partial charge in [0.25, 0.3) is 5.91 Å². The first kappa shape index (κ1) is 18.3. The van der Waals surface area contributed by atoms with E-state index in [-0.39, 0.29) is 30.8 Å². The summed E-state index contributed by atoms with van der Waals surface area (Å²) in [6, 6.07) is 6.06. The number of hydrogen-bond donors (Lipinski definition) is 3. The number of carbonyl (C=O) groups is 2. The van der Waals surface area contributed by atoms with Crippen LogP contribution in [0.5, 0.6) is 0 Å². The number of benzene rings is 1. The number of fused-ring (bicyclic) bond motifs is 1. The molecule has 138 valence electrons. The third-order valence-electron chi connectivity index (χ3n) is 4.48. The topological polar surface area (TPSA) is 88.1 Å². The summed E-state index contributed by atoms with van der Waals surface area (Å²) in [6.45, 7) is 1.10. The maximum atomic E-state index is 12.6. The van der Waals surface area contributed by atoms with E-state index < -0.39 is 0 Å². The van der Waals surface area contributed by atoms with Gasteiger partial charge < -0.3 is 16.0 Å². The Hall–Kier alpha value is -2.54. The second kappa shape index (κ2) is 7.78. The molecule has 0 unspecified atom stereocenters. The van der Waals surface area contributed by atoms with Gasteiger partial charge in [-0.1, -0.05) is 6.07 Å². The van der Waals surface area contributed by atoms with Crippen molar-refractivity contribution < 1.29 is 9.59 Å². The lowest BCUT2D eigenvalue weighted by Crippen LogP contribution is -2.29. The fourth-order valence-corrected chi connectivity index (χ4v) is 3.08. The maximum Gasteiger partial charge on any atom is 0.256 e. The molecule has 1 saturated carbocycles. The molecule has 7 nitrogen and oxygen atoms in total. The Labute approximate surface area is 157 Å². The predicted molar refractivity (Wildman–Crippen MR) is 102 cm³/mol. The largest absolute Gasteiger partial charge is 0.385 e. The Morgan fingerprint density at radius 3 is 2.96 bits per heavy atom. The molecule has 1 aliphatic carbocycles. The molecule has 2 aliphatic rings. The van der Waals surface area contributed by atoms with Gasteiger partial charge in [0.2, 0.25) is 5.91 Å². The van der Waals surface area contributed by atoms with Gasteiger partial charge in [0.05, 0.1) is 11.9 Å². The third-order valence-corrected chi connectivity index (χ3v) is 4.48. The number of nitrogens with one attached hydrogen (secondary N) is 3. The highest BCUT2D eigenvalue weighted by molar-refractivity contribution is 6.06. The fraction of sp³-hybridized carbons (Fsp3) is 0.389. The number of halogens is 1. The molecule has 2 heterocycles. The average Bonchev–Trinajstić information content (AvgIpc) is 3.32. The van der Waals surface area contributed by atoms with E-state index in [0.717, 1.165) is 43.5 Å². The van der Waals surface area contributed by atoms with Crippen LogP contribution in [0.25, 0.3) is 0 Å². The molecule has 1 aromatic heterocycles. The van der Waals surface area contributed by atoms with Crippen LogP contribution in [-0.4, -0.2) is 34.2 Å². The van der Waals surface area contributed by atoms with Crippen molar-refractivity contribution >= 4 is 35.6 Å². The molecule has 1 aromatic carbocycles. The molecule has 0 radical (unpaired) electrons. The van der Waals surface area contributed by atoms with Crippen molar-refractivity contribution in [3.05, 3.63) is 41.7 Å². The summed E-state index contributed by atoms with van der Waals surface area (Å²) < 4.78 is 1.54. The zero-order chi connectivity index (χ0) is 17.2. The molecule has 0 bridgehead atoms. The third kappa shape index (κ3) is 4.16. The molecule has 1 fully saturated rings. The van der Waals surface area contributed by atoms with Gasteiger partial charge >= 0.3 is 0 Å². The monoisotopic (exact) mass is 375 g/mol. The lowest BCUT2D eigenvalue weighted by molar-refractivity contribution is -0.122. The van der Waals surface area contributed by atoms with Gasteiger partial charge in [-0.05, 0) is 43.4 Å². The van der Waals surface area contributed by atoms with E-state index in [1.165, 1.54) is 4.68 Å². The Kier molecular flexibility index (Phi) is 5.46. The Balaban J connectivity index is 0.00000196. The SMILES string of the molecule is Cl.O=C(Cn1cc(NC(=O)c2cccc3c2CCCN3)cn1)NC1CC1. The molecule has 2 aromatic rings. The van der Waals surface area contributed by atoms with E-state index in [0.29, 0.717) is 17.3 Å². The highest BCUT2D eigenvalue weighted by Gasteiger charge is 2.23. The molecular weight excluding hydrogens is 354 g/mol. The quantitative estimate of drug-likeness (QED) is 0.747.